The van der Waals surface area contributed by atoms with E-state index in [-0.39, 0.29) is 18.2 Å². The molecule has 4 rings (SSSR count). The van der Waals surface area contributed by atoms with E-state index >= 15 is 0 Å². The molecule has 142 valence electrons. The minimum absolute atomic E-state index is 0.0215. The van der Waals surface area contributed by atoms with Gasteiger partial charge in [-0.25, -0.2) is 4.79 Å². The monoisotopic (exact) mass is 364 g/mol. The van der Waals surface area contributed by atoms with Gasteiger partial charge < -0.3 is 15.3 Å². The molecule has 0 spiro atoms. The number of hydrogen-bond acceptors (Lipinski definition) is 2. The Morgan fingerprint density at radius 3 is 2.67 bits per heavy atom. The summed E-state index contributed by atoms with van der Waals surface area (Å²) in [6, 6.07) is 16.6. The van der Waals surface area contributed by atoms with Gasteiger partial charge in [-0.15, -0.1) is 0 Å². The van der Waals surface area contributed by atoms with Crippen LogP contribution in [0.1, 0.15) is 29.5 Å². The molecule has 0 aromatic heterocycles. The maximum absolute atomic E-state index is 13.1. The van der Waals surface area contributed by atoms with E-state index in [2.05, 4.69) is 30.4 Å². The van der Waals surface area contributed by atoms with E-state index in [9.17, 15) is 9.90 Å². The molecule has 0 bridgehead atoms. The molecule has 1 aliphatic carbocycles. The first-order valence-electron chi connectivity index (χ1n) is 9.88. The van der Waals surface area contributed by atoms with Crippen LogP contribution in [0.15, 0.2) is 48.5 Å². The summed E-state index contributed by atoms with van der Waals surface area (Å²) in [6.07, 6.45) is 2.23. The first kappa shape index (κ1) is 18.1. The summed E-state index contributed by atoms with van der Waals surface area (Å²) < 4.78 is 0. The number of carbonyl (C=O) groups is 1. The van der Waals surface area contributed by atoms with E-state index < -0.39 is 0 Å². The molecule has 2 aromatic carbocycles. The van der Waals surface area contributed by atoms with Crippen LogP contribution in [0, 0.1) is 25.7 Å². The van der Waals surface area contributed by atoms with Gasteiger partial charge in [-0.3, -0.25) is 0 Å². The van der Waals surface area contributed by atoms with Crippen molar-refractivity contribution in [2.75, 3.05) is 11.9 Å². The molecule has 2 aliphatic rings. The number of fused-ring (bicyclic) bond motifs is 1. The van der Waals surface area contributed by atoms with Gasteiger partial charge in [0.1, 0.15) is 0 Å². The summed E-state index contributed by atoms with van der Waals surface area (Å²) in [5.74, 6) is 0.781. The van der Waals surface area contributed by atoms with E-state index in [1.54, 1.807) is 0 Å². The summed E-state index contributed by atoms with van der Waals surface area (Å²) in [6.45, 7) is 4.82. The first-order valence-corrected chi connectivity index (χ1v) is 9.88. The topological polar surface area (TPSA) is 52.6 Å². The number of likely N-dealkylation sites (tertiary alicyclic amines) is 1. The number of nitrogens with zero attached hydrogens (tertiary/aromatic N) is 1. The number of aliphatic hydroxyl groups is 1. The maximum Gasteiger partial charge on any atom is 0.322 e. The zero-order chi connectivity index (χ0) is 19.0. The number of benzene rings is 2. The van der Waals surface area contributed by atoms with Gasteiger partial charge >= 0.3 is 6.03 Å². The summed E-state index contributed by atoms with van der Waals surface area (Å²) in [4.78, 5) is 15.1. The summed E-state index contributed by atoms with van der Waals surface area (Å²) in [5.41, 5.74) is 4.39. The van der Waals surface area contributed by atoms with Gasteiger partial charge in [0.15, 0.2) is 0 Å². The van der Waals surface area contributed by atoms with Gasteiger partial charge in [0.2, 0.25) is 0 Å². The minimum Gasteiger partial charge on any atom is -0.393 e. The Kier molecular flexibility index (Phi) is 4.92. The highest BCUT2D eigenvalue weighted by Crippen LogP contribution is 2.43. The Bertz CT molecular complexity index is 820. The van der Waals surface area contributed by atoms with Gasteiger partial charge in [0, 0.05) is 18.3 Å². The van der Waals surface area contributed by atoms with Crippen LogP contribution < -0.4 is 5.32 Å². The smallest absolute Gasteiger partial charge is 0.322 e. The number of hydrogen-bond donors (Lipinski definition) is 2. The summed E-state index contributed by atoms with van der Waals surface area (Å²) in [5, 5.41) is 13.2. The quantitative estimate of drug-likeness (QED) is 0.860. The fourth-order valence-corrected chi connectivity index (χ4v) is 4.92. The van der Waals surface area contributed by atoms with Crippen molar-refractivity contribution in [2.24, 2.45) is 11.8 Å². The van der Waals surface area contributed by atoms with E-state index in [1.165, 1.54) is 11.1 Å². The summed E-state index contributed by atoms with van der Waals surface area (Å²) in [7, 11) is 0. The van der Waals surface area contributed by atoms with Crippen molar-refractivity contribution in [1.29, 1.82) is 0 Å². The highest BCUT2D eigenvalue weighted by molar-refractivity contribution is 5.90. The van der Waals surface area contributed by atoms with Crippen molar-refractivity contribution in [3.63, 3.8) is 0 Å². The number of aliphatic hydroxyl groups excluding tert-OH is 1. The molecule has 2 aromatic rings. The van der Waals surface area contributed by atoms with Gasteiger partial charge in [0.25, 0.3) is 0 Å². The highest BCUT2D eigenvalue weighted by atomic mass is 16.3. The Labute approximate surface area is 161 Å². The average Bonchev–Trinajstić information content (AvgIpc) is 3.15. The predicted octanol–water partition coefficient (Wildman–Crippen LogP) is 4.15. The third kappa shape index (κ3) is 3.72. The van der Waals surface area contributed by atoms with E-state index in [0.717, 1.165) is 37.1 Å². The Hall–Kier alpha value is -2.33. The molecular formula is C23H28N2O2. The zero-order valence-corrected chi connectivity index (χ0v) is 16.1. The van der Waals surface area contributed by atoms with E-state index in [1.807, 2.05) is 42.2 Å². The highest BCUT2D eigenvalue weighted by Gasteiger charge is 2.48. The second-order valence-corrected chi connectivity index (χ2v) is 8.21. The largest absolute Gasteiger partial charge is 0.393 e. The fourth-order valence-electron chi connectivity index (χ4n) is 4.92. The van der Waals surface area contributed by atoms with Crippen LogP contribution in [0.3, 0.4) is 0 Å². The van der Waals surface area contributed by atoms with Crippen LogP contribution in [0.2, 0.25) is 0 Å². The molecule has 1 heterocycles. The third-order valence-corrected chi connectivity index (χ3v) is 6.22. The summed E-state index contributed by atoms with van der Waals surface area (Å²) >= 11 is 0. The van der Waals surface area contributed by atoms with Crippen molar-refractivity contribution in [3.05, 3.63) is 65.2 Å². The molecule has 27 heavy (non-hydrogen) atoms. The van der Waals surface area contributed by atoms with Crippen LogP contribution in [-0.2, 0) is 6.42 Å². The number of nitrogens with one attached hydrogen (secondary N) is 1. The lowest BCUT2D eigenvalue weighted by molar-refractivity contribution is 0.150. The molecule has 1 saturated carbocycles. The Morgan fingerprint density at radius 1 is 1.15 bits per heavy atom. The standard InChI is InChI=1S/C23H28N2O2/c1-15-8-9-21(16(2)10-15)24-23(27)25-14-18-12-19(26)13-20(18)22(25)11-17-6-4-3-5-7-17/h3-10,18-20,22,26H,11-14H2,1-2H3,(H,24,27). The fraction of sp³-hybridized carbons (Fsp3) is 0.435. The van der Waals surface area contributed by atoms with Gasteiger partial charge in [-0.05, 0) is 62.1 Å². The normalized spacial score (nSPS) is 26.9. The molecule has 2 fully saturated rings. The first-order chi connectivity index (χ1) is 13.0. The van der Waals surface area contributed by atoms with E-state index in [4.69, 9.17) is 0 Å². The van der Waals surface area contributed by atoms with Crippen LogP contribution in [0.25, 0.3) is 0 Å². The maximum atomic E-state index is 13.1. The number of amides is 2. The molecule has 4 unspecified atom stereocenters. The lowest BCUT2D eigenvalue weighted by atomic mass is 9.90. The lowest BCUT2D eigenvalue weighted by Crippen LogP contribution is -2.42. The molecular weight excluding hydrogens is 336 g/mol. The predicted molar refractivity (Wildman–Crippen MR) is 108 cm³/mol. The molecule has 4 nitrogen and oxygen atoms in total. The number of anilines is 1. The minimum atomic E-state index is -0.220. The molecule has 2 N–H and O–H groups in total. The van der Waals surface area contributed by atoms with E-state index in [0.29, 0.717) is 11.8 Å². The molecule has 4 atom stereocenters. The Morgan fingerprint density at radius 2 is 1.93 bits per heavy atom. The molecule has 2 amide bonds. The van der Waals surface area contributed by atoms with Crippen LogP contribution in [0.5, 0.6) is 0 Å². The number of aryl methyl sites for hydroxylation is 2. The van der Waals surface area contributed by atoms with Crippen LogP contribution >= 0.6 is 0 Å². The van der Waals surface area contributed by atoms with Gasteiger partial charge in [0.05, 0.1) is 6.10 Å². The molecule has 1 saturated heterocycles. The second-order valence-electron chi connectivity index (χ2n) is 8.21. The third-order valence-electron chi connectivity index (χ3n) is 6.22. The second kappa shape index (κ2) is 7.35. The van der Waals surface area contributed by atoms with Gasteiger partial charge in [-0.1, -0.05) is 48.0 Å². The van der Waals surface area contributed by atoms with Crippen molar-refractivity contribution >= 4 is 11.7 Å². The SMILES string of the molecule is Cc1ccc(NC(=O)N2CC3CC(O)CC3C2Cc2ccccc2)c(C)c1. The van der Waals surface area contributed by atoms with Crippen molar-refractivity contribution in [3.8, 4) is 0 Å². The lowest BCUT2D eigenvalue weighted by Gasteiger charge is -2.29. The molecule has 1 aliphatic heterocycles. The van der Waals surface area contributed by atoms with Crippen LogP contribution in [-0.4, -0.2) is 34.7 Å². The number of carbonyl (C=O) groups excluding carboxylic acids is 1. The van der Waals surface area contributed by atoms with Crippen molar-refractivity contribution in [2.45, 2.75) is 45.3 Å². The average molecular weight is 364 g/mol. The van der Waals surface area contributed by atoms with Gasteiger partial charge in [-0.2, -0.15) is 0 Å². The molecule has 0 radical (unpaired) electrons. The number of rotatable bonds is 3. The molecule has 4 heteroatoms. The van der Waals surface area contributed by atoms with Crippen molar-refractivity contribution in [1.82, 2.24) is 4.90 Å². The number of urea groups is 1. The van der Waals surface area contributed by atoms with Crippen LogP contribution in [0.4, 0.5) is 10.5 Å². The zero-order valence-electron chi connectivity index (χ0n) is 16.1. The Balaban J connectivity index is 1.55. The van der Waals surface area contributed by atoms with Crippen molar-refractivity contribution < 1.29 is 9.90 Å².